The third-order valence-corrected chi connectivity index (χ3v) is 5.38. The second-order valence-corrected chi connectivity index (χ2v) is 7.00. The molecule has 1 saturated heterocycles. The topological polar surface area (TPSA) is 3.24 Å². The van der Waals surface area contributed by atoms with Crippen LogP contribution >= 0.6 is 11.6 Å². The number of fused-ring (bicyclic) bond motifs is 1. The molecule has 0 unspecified atom stereocenters. The van der Waals surface area contributed by atoms with E-state index >= 15 is 0 Å². The van der Waals surface area contributed by atoms with Gasteiger partial charge in [-0.25, -0.2) is 0 Å². The van der Waals surface area contributed by atoms with Gasteiger partial charge in [-0.3, -0.25) is 0 Å². The second kappa shape index (κ2) is 6.04. The number of unbranched alkanes of at least 4 members (excludes halogenated alkanes) is 2. The average Bonchev–Trinajstić information content (AvgIpc) is 3.06. The lowest BCUT2D eigenvalue weighted by Gasteiger charge is -2.21. The Hall–Kier alpha value is -0.740. The van der Waals surface area contributed by atoms with E-state index in [1.807, 2.05) is 0 Å². The molecule has 3 rings (SSSR count). The SMILES string of the molecule is FC(F)(F)c1ccc([C@]23C[C@H]2CN(CCCCCCl)C3)cc1. The summed E-state index contributed by atoms with van der Waals surface area (Å²) in [7, 11) is 0. The minimum absolute atomic E-state index is 0.122. The maximum Gasteiger partial charge on any atom is 0.416 e. The summed E-state index contributed by atoms with van der Waals surface area (Å²) in [6.45, 7) is 3.15. The molecule has 22 heavy (non-hydrogen) atoms. The van der Waals surface area contributed by atoms with Crippen molar-refractivity contribution in [1.29, 1.82) is 0 Å². The lowest BCUT2D eigenvalue weighted by atomic mass is 9.94. The lowest BCUT2D eigenvalue weighted by Crippen LogP contribution is -2.27. The first-order valence-corrected chi connectivity index (χ1v) is 8.45. The van der Waals surface area contributed by atoms with Crippen LogP contribution in [0.25, 0.3) is 0 Å². The van der Waals surface area contributed by atoms with Crippen molar-refractivity contribution in [3.63, 3.8) is 0 Å². The molecule has 0 N–H and O–H groups in total. The number of nitrogens with zero attached hydrogens (tertiary/aromatic N) is 1. The fraction of sp³-hybridized carbons (Fsp3) is 0.647. The first-order valence-electron chi connectivity index (χ1n) is 7.92. The van der Waals surface area contributed by atoms with Crippen LogP contribution in [-0.2, 0) is 11.6 Å². The summed E-state index contributed by atoms with van der Waals surface area (Å²) in [5, 5.41) is 0. The Balaban J connectivity index is 1.59. The molecule has 1 aromatic carbocycles. The fourth-order valence-corrected chi connectivity index (χ4v) is 3.99. The van der Waals surface area contributed by atoms with Gasteiger partial charge in [-0.1, -0.05) is 18.6 Å². The zero-order chi connectivity index (χ0) is 15.8. The number of alkyl halides is 4. The van der Waals surface area contributed by atoms with E-state index in [-0.39, 0.29) is 5.41 Å². The molecule has 1 aliphatic carbocycles. The Morgan fingerprint density at radius 1 is 1.14 bits per heavy atom. The number of benzene rings is 1. The molecule has 1 saturated carbocycles. The van der Waals surface area contributed by atoms with E-state index in [4.69, 9.17) is 11.6 Å². The normalized spacial score (nSPS) is 27.9. The summed E-state index contributed by atoms with van der Waals surface area (Å²) in [6, 6.07) is 5.81. The summed E-state index contributed by atoms with van der Waals surface area (Å²) < 4.78 is 37.9. The fourth-order valence-electron chi connectivity index (χ4n) is 3.80. The predicted octanol–water partition coefficient (Wildman–Crippen LogP) is 4.69. The highest BCUT2D eigenvalue weighted by Gasteiger charge is 2.60. The summed E-state index contributed by atoms with van der Waals surface area (Å²) in [5.74, 6) is 1.34. The Morgan fingerprint density at radius 3 is 2.50 bits per heavy atom. The van der Waals surface area contributed by atoms with E-state index in [9.17, 15) is 13.2 Å². The summed E-state index contributed by atoms with van der Waals surface area (Å²) in [5.41, 5.74) is 0.644. The molecule has 122 valence electrons. The van der Waals surface area contributed by atoms with Crippen molar-refractivity contribution in [3.8, 4) is 0 Å². The van der Waals surface area contributed by atoms with Crippen LogP contribution in [0, 0.1) is 5.92 Å². The monoisotopic (exact) mass is 331 g/mol. The van der Waals surface area contributed by atoms with Gasteiger partial charge in [0, 0.05) is 24.4 Å². The Morgan fingerprint density at radius 2 is 1.86 bits per heavy atom. The minimum atomic E-state index is -4.25. The zero-order valence-electron chi connectivity index (χ0n) is 12.5. The highest BCUT2D eigenvalue weighted by Crippen LogP contribution is 2.59. The predicted molar refractivity (Wildman–Crippen MR) is 82.2 cm³/mol. The molecule has 0 aromatic heterocycles. The van der Waals surface area contributed by atoms with Crippen molar-refractivity contribution in [1.82, 2.24) is 4.90 Å². The quantitative estimate of drug-likeness (QED) is 0.540. The van der Waals surface area contributed by atoms with Crippen LogP contribution in [0.15, 0.2) is 24.3 Å². The van der Waals surface area contributed by atoms with Gasteiger partial charge in [0.15, 0.2) is 0 Å². The third-order valence-electron chi connectivity index (χ3n) is 5.11. The first kappa shape index (κ1) is 16.1. The van der Waals surface area contributed by atoms with Crippen LogP contribution < -0.4 is 0 Å². The molecule has 1 aromatic rings. The third kappa shape index (κ3) is 3.13. The van der Waals surface area contributed by atoms with Crippen LogP contribution in [0.1, 0.15) is 36.8 Å². The number of halogens is 4. The van der Waals surface area contributed by atoms with Crippen molar-refractivity contribution in [2.45, 2.75) is 37.3 Å². The van der Waals surface area contributed by atoms with Crippen LogP contribution in [0.2, 0.25) is 0 Å². The molecular weight excluding hydrogens is 311 g/mol. The van der Waals surface area contributed by atoms with Crippen LogP contribution in [0.3, 0.4) is 0 Å². The van der Waals surface area contributed by atoms with Crippen LogP contribution in [0.4, 0.5) is 13.2 Å². The van der Waals surface area contributed by atoms with Gasteiger partial charge in [0.1, 0.15) is 0 Å². The largest absolute Gasteiger partial charge is 0.416 e. The molecule has 5 heteroatoms. The number of rotatable bonds is 6. The van der Waals surface area contributed by atoms with Gasteiger partial charge < -0.3 is 4.90 Å². The van der Waals surface area contributed by atoms with Gasteiger partial charge >= 0.3 is 6.18 Å². The average molecular weight is 332 g/mol. The summed E-state index contributed by atoms with van der Waals surface area (Å²) in [4.78, 5) is 2.46. The maximum atomic E-state index is 12.6. The van der Waals surface area contributed by atoms with Crippen molar-refractivity contribution < 1.29 is 13.2 Å². The van der Waals surface area contributed by atoms with E-state index in [2.05, 4.69) is 4.90 Å². The number of piperidine rings is 1. The van der Waals surface area contributed by atoms with Crippen LogP contribution in [0.5, 0.6) is 0 Å². The highest BCUT2D eigenvalue weighted by atomic mass is 35.5. The van der Waals surface area contributed by atoms with Gasteiger partial charge in [0.25, 0.3) is 0 Å². The van der Waals surface area contributed by atoms with Crippen molar-refractivity contribution in [2.24, 2.45) is 5.92 Å². The highest BCUT2D eigenvalue weighted by molar-refractivity contribution is 6.17. The standard InChI is InChI=1S/C17H21ClF3N/c18-8-2-1-3-9-22-11-15-10-16(15,12-22)13-4-6-14(7-5-13)17(19,20)21/h4-7,15H,1-3,8-12H2/t15-,16+/m0/s1. The van der Waals surface area contributed by atoms with Crippen LogP contribution in [-0.4, -0.2) is 30.4 Å². The van der Waals surface area contributed by atoms with Crippen molar-refractivity contribution >= 4 is 11.6 Å². The minimum Gasteiger partial charge on any atom is -0.302 e. The second-order valence-electron chi connectivity index (χ2n) is 6.62. The van der Waals surface area contributed by atoms with E-state index in [0.29, 0.717) is 5.92 Å². The Kier molecular flexibility index (Phi) is 4.43. The molecule has 0 amide bonds. The number of hydrogen-bond acceptors (Lipinski definition) is 1. The number of hydrogen-bond donors (Lipinski definition) is 0. The molecular formula is C17H21ClF3N. The number of likely N-dealkylation sites (tertiary alicyclic amines) is 1. The molecule has 0 radical (unpaired) electrons. The van der Waals surface area contributed by atoms with E-state index in [0.717, 1.165) is 56.8 Å². The van der Waals surface area contributed by atoms with Crippen molar-refractivity contribution in [2.75, 3.05) is 25.5 Å². The lowest BCUT2D eigenvalue weighted by molar-refractivity contribution is -0.137. The molecule has 1 heterocycles. The molecule has 0 spiro atoms. The molecule has 2 aliphatic rings. The summed E-state index contributed by atoms with van der Waals surface area (Å²) in [6.07, 6.45) is 0.239. The Labute approximate surface area is 134 Å². The zero-order valence-corrected chi connectivity index (χ0v) is 13.3. The smallest absolute Gasteiger partial charge is 0.302 e. The van der Waals surface area contributed by atoms with Crippen molar-refractivity contribution in [3.05, 3.63) is 35.4 Å². The van der Waals surface area contributed by atoms with E-state index in [1.165, 1.54) is 12.1 Å². The first-order chi connectivity index (χ1) is 10.5. The van der Waals surface area contributed by atoms with Gasteiger partial charge in [0.2, 0.25) is 0 Å². The van der Waals surface area contributed by atoms with Gasteiger partial charge in [0.05, 0.1) is 5.56 Å². The molecule has 0 bridgehead atoms. The maximum absolute atomic E-state index is 12.6. The Bertz CT molecular complexity index is 514. The van der Waals surface area contributed by atoms with Gasteiger partial charge in [-0.05, 0) is 49.4 Å². The van der Waals surface area contributed by atoms with Gasteiger partial charge in [-0.2, -0.15) is 13.2 Å². The van der Waals surface area contributed by atoms with Gasteiger partial charge in [-0.15, -0.1) is 11.6 Å². The molecule has 1 nitrogen and oxygen atoms in total. The molecule has 2 atom stereocenters. The van der Waals surface area contributed by atoms with E-state index < -0.39 is 11.7 Å². The molecule has 2 fully saturated rings. The van der Waals surface area contributed by atoms with E-state index in [1.54, 1.807) is 12.1 Å². The molecule has 1 aliphatic heterocycles. The summed E-state index contributed by atoms with van der Waals surface area (Å²) >= 11 is 5.68.